The highest BCUT2D eigenvalue weighted by Gasteiger charge is 2.18. The molecule has 2 aromatic rings. The number of likely N-dealkylation sites (N-methyl/N-ethyl adjacent to an activating group) is 1. The number of Topliss-reactive ketones (excluding diaryl/α,β-unsaturated/α-hetero) is 1. The van der Waals surface area contributed by atoms with Gasteiger partial charge in [0.15, 0.2) is 17.4 Å². The zero-order valence-electron chi connectivity index (χ0n) is 14.9. The van der Waals surface area contributed by atoms with Crippen LogP contribution in [0, 0.1) is 25.5 Å². The molecule has 0 bridgehead atoms. The monoisotopic (exact) mass is 334 g/mol. The minimum atomic E-state index is -0.868. The second kappa shape index (κ2) is 7.26. The van der Waals surface area contributed by atoms with Gasteiger partial charge in [0.25, 0.3) is 0 Å². The summed E-state index contributed by atoms with van der Waals surface area (Å²) in [5.41, 5.74) is 3.39. The lowest BCUT2D eigenvalue weighted by Gasteiger charge is -2.17. The number of halogens is 2. The van der Waals surface area contributed by atoms with Gasteiger partial charge in [-0.3, -0.25) is 9.69 Å². The van der Waals surface area contributed by atoms with Crippen LogP contribution in [0.15, 0.2) is 24.3 Å². The number of carbonyl (C=O) groups is 1. The summed E-state index contributed by atoms with van der Waals surface area (Å²) < 4.78 is 28.4. The van der Waals surface area contributed by atoms with Gasteiger partial charge < -0.3 is 4.57 Å². The van der Waals surface area contributed by atoms with Crippen LogP contribution in [-0.4, -0.2) is 28.8 Å². The molecule has 0 amide bonds. The van der Waals surface area contributed by atoms with Gasteiger partial charge in [-0.25, -0.2) is 8.78 Å². The van der Waals surface area contributed by atoms with Crippen LogP contribution in [0.3, 0.4) is 0 Å². The maximum atomic E-state index is 13.3. The number of ketones is 1. The molecule has 0 spiro atoms. The Balaban J connectivity index is 2.09. The lowest BCUT2D eigenvalue weighted by molar-refractivity contribution is 0.0942. The van der Waals surface area contributed by atoms with Crippen molar-refractivity contribution in [3.63, 3.8) is 0 Å². The molecule has 0 N–H and O–H groups in total. The lowest BCUT2D eigenvalue weighted by atomic mass is 10.1. The number of benzene rings is 1. The van der Waals surface area contributed by atoms with Crippen LogP contribution < -0.4 is 0 Å². The number of nitrogens with zero attached hydrogens (tertiary/aromatic N) is 2. The molecular weight excluding hydrogens is 310 g/mol. The maximum Gasteiger partial charge on any atom is 0.178 e. The second-order valence-electron chi connectivity index (χ2n) is 6.59. The van der Waals surface area contributed by atoms with Crippen LogP contribution in [-0.2, 0) is 6.54 Å². The first-order valence-electron chi connectivity index (χ1n) is 8.04. The molecule has 0 aliphatic rings. The van der Waals surface area contributed by atoms with Gasteiger partial charge in [-0.05, 0) is 58.5 Å². The Labute approximate surface area is 141 Å². The molecule has 2 rings (SSSR count). The quantitative estimate of drug-likeness (QED) is 0.737. The molecule has 1 aromatic heterocycles. The first kappa shape index (κ1) is 18.3. The molecule has 3 nitrogen and oxygen atoms in total. The third-order valence-electron chi connectivity index (χ3n) is 4.15. The summed E-state index contributed by atoms with van der Waals surface area (Å²) in [6, 6.07) is 6.02. The van der Waals surface area contributed by atoms with Crippen LogP contribution in [0.5, 0.6) is 0 Å². The number of aromatic nitrogens is 1. The number of hydrogen-bond donors (Lipinski definition) is 0. The van der Waals surface area contributed by atoms with E-state index in [1.165, 1.54) is 12.1 Å². The number of hydrogen-bond acceptors (Lipinski definition) is 2. The number of rotatable bonds is 6. The minimum Gasteiger partial charge on any atom is -0.346 e. The molecule has 0 atom stereocenters. The molecular formula is C19H24F2N2O. The van der Waals surface area contributed by atoms with Crippen molar-refractivity contribution in [3.8, 4) is 0 Å². The summed E-state index contributed by atoms with van der Waals surface area (Å²) in [5, 5.41) is 0. The van der Waals surface area contributed by atoms with Gasteiger partial charge in [0.05, 0.1) is 6.54 Å². The van der Waals surface area contributed by atoms with Crippen molar-refractivity contribution < 1.29 is 13.6 Å². The zero-order valence-corrected chi connectivity index (χ0v) is 14.9. The normalized spacial score (nSPS) is 11.5. The van der Waals surface area contributed by atoms with Crippen LogP contribution in [0.4, 0.5) is 8.78 Å². The Kier molecular flexibility index (Phi) is 5.54. The van der Waals surface area contributed by atoms with Gasteiger partial charge >= 0.3 is 0 Å². The van der Waals surface area contributed by atoms with Crippen molar-refractivity contribution in [2.45, 2.75) is 40.3 Å². The first-order valence-corrected chi connectivity index (χ1v) is 8.04. The van der Waals surface area contributed by atoms with Crippen molar-refractivity contribution in [2.75, 3.05) is 13.6 Å². The SMILES string of the molecule is Cc1cc(C(=O)CN(C)Cc2ccc(F)c(F)c2)c(C)n1C(C)C. The number of aryl methyl sites for hydroxylation is 1. The van der Waals surface area contributed by atoms with E-state index in [0.717, 1.165) is 23.0 Å². The van der Waals surface area contributed by atoms with E-state index in [2.05, 4.69) is 18.4 Å². The Morgan fingerprint density at radius 2 is 1.83 bits per heavy atom. The summed E-state index contributed by atoms with van der Waals surface area (Å²) in [4.78, 5) is 14.4. The van der Waals surface area contributed by atoms with Crippen molar-refractivity contribution >= 4 is 5.78 Å². The van der Waals surface area contributed by atoms with E-state index in [1.54, 1.807) is 11.9 Å². The molecule has 0 radical (unpaired) electrons. The van der Waals surface area contributed by atoms with Gasteiger partial charge in [0, 0.05) is 29.5 Å². The highest BCUT2D eigenvalue weighted by atomic mass is 19.2. The highest BCUT2D eigenvalue weighted by molar-refractivity contribution is 5.99. The van der Waals surface area contributed by atoms with E-state index in [9.17, 15) is 13.6 Å². The molecule has 0 saturated carbocycles. The van der Waals surface area contributed by atoms with E-state index in [1.807, 2.05) is 19.9 Å². The van der Waals surface area contributed by atoms with E-state index in [-0.39, 0.29) is 12.3 Å². The standard InChI is InChI=1S/C19H24F2N2O/c1-12(2)23-13(3)8-16(14(23)4)19(24)11-22(5)10-15-6-7-17(20)18(21)9-15/h6-9,12H,10-11H2,1-5H3. The van der Waals surface area contributed by atoms with Gasteiger partial charge in [-0.1, -0.05) is 6.07 Å². The third-order valence-corrected chi connectivity index (χ3v) is 4.15. The van der Waals surface area contributed by atoms with Crippen molar-refractivity contribution in [1.29, 1.82) is 0 Å². The van der Waals surface area contributed by atoms with E-state index < -0.39 is 11.6 Å². The van der Waals surface area contributed by atoms with Crippen LogP contribution in [0.1, 0.15) is 47.2 Å². The van der Waals surface area contributed by atoms with Crippen molar-refractivity contribution in [3.05, 3.63) is 58.4 Å². The Morgan fingerprint density at radius 1 is 1.17 bits per heavy atom. The lowest BCUT2D eigenvalue weighted by Crippen LogP contribution is -2.26. The zero-order chi connectivity index (χ0) is 18.0. The molecule has 0 unspecified atom stereocenters. The first-order chi connectivity index (χ1) is 11.2. The van der Waals surface area contributed by atoms with Crippen LogP contribution in [0.2, 0.25) is 0 Å². The molecule has 1 heterocycles. The Hall–Kier alpha value is -2.01. The predicted octanol–water partition coefficient (Wildman–Crippen LogP) is 4.28. The predicted molar refractivity (Wildman–Crippen MR) is 91.3 cm³/mol. The van der Waals surface area contributed by atoms with Crippen molar-refractivity contribution in [2.24, 2.45) is 0 Å². The van der Waals surface area contributed by atoms with Crippen LogP contribution >= 0.6 is 0 Å². The fraction of sp³-hybridized carbons (Fsp3) is 0.421. The van der Waals surface area contributed by atoms with E-state index >= 15 is 0 Å². The van der Waals surface area contributed by atoms with E-state index in [0.29, 0.717) is 18.2 Å². The molecule has 1 aromatic carbocycles. The molecule has 0 saturated heterocycles. The smallest absolute Gasteiger partial charge is 0.178 e. The largest absolute Gasteiger partial charge is 0.346 e. The molecule has 0 aliphatic carbocycles. The second-order valence-corrected chi connectivity index (χ2v) is 6.59. The van der Waals surface area contributed by atoms with Gasteiger partial charge in [0.1, 0.15) is 0 Å². The molecule has 0 aliphatic heterocycles. The van der Waals surface area contributed by atoms with E-state index in [4.69, 9.17) is 0 Å². The maximum absolute atomic E-state index is 13.3. The average molecular weight is 334 g/mol. The van der Waals surface area contributed by atoms with Gasteiger partial charge in [-0.2, -0.15) is 0 Å². The fourth-order valence-corrected chi connectivity index (χ4v) is 3.19. The molecule has 5 heteroatoms. The number of carbonyl (C=O) groups excluding carboxylic acids is 1. The minimum absolute atomic E-state index is 0.0279. The summed E-state index contributed by atoms with van der Waals surface area (Å²) in [7, 11) is 1.79. The molecule has 130 valence electrons. The van der Waals surface area contributed by atoms with Crippen LogP contribution in [0.25, 0.3) is 0 Å². The van der Waals surface area contributed by atoms with Gasteiger partial charge in [-0.15, -0.1) is 0 Å². The Bertz CT molecular complexity index is 750. The summed E-state index contributed by atoms with van der Waals surface area (Å²) in [5.74, 6) is -1.70. The molecule has 24 heavy (non-hydrogen) atoms. The fourth-order valence-electron chi connectivity index (χ4n) is 3.19. The third kappa shape index (κ3) is 3.90. The summed E-state index contributed by atoms with van der Waals surface area (Å²) in [6.45, 7) is 8.73. The average Bonchev–Trinajstić information content (AvgIpc) is 2.78. The highest BCUT2D eigenvalue weighted by Crippen LogP contribution is 2.21. The van der Waals surface area contributed by atoms with Crippen molar-refractivity contribution in [1.82, 2.24) is 9.47 Å². The molecule has 0 fully saturated rings. The topological polar surface area (TPSA) is 25.2 Å². The summed E-state index contributed by atoms with van der Waals surface area (Å²) >= 11 is 0. The van der Waals surface area contributed by atoms with Gasteiger partial charge in [0.2, 0.25) is 0 Å². The Morgan fingerprint density at radius 3 is 2.38 bits per heavy atom. The summed E-state index contributed by atoms with van der Waals surface area (Å²) in [6.07, 6.45) is 0.